The van der Waals surface area contributed by atoms with E-state index < -0.39 is 22.2 Å². The summed E-state index contributed by atoms with van der Waals surface area (Å²) in [5.74, 6) is 1.20. The van der Waals surface area contributed by atoms with Gasteiger partial charge in [0.25, 0.3) is 0 Å². The summed E-state index contributed by atoms with van der Waals surface area (Å²) < 4.78 is 36.5. The first-order valence-corrected chi connectivity index (χ1v) is 12.1. The maximum absolute atomic E-state index is 15.5. The summed E-state index contributed by atoms with van der Waals surface area (Å²) in [6.45, 7) is 10.6. The predicted octanol–water partition coefficient (Wildman–Crippen LogP) is 5.54. The van der Waals surface area contributed by atoms with Gasteiger partial charge in [-0.3, -0.25) is 0 Å². The highest BCUT2D eigenvalue weighted by Crippen LogP contribution is 2.38. The molecule has 0 saturated carbocycles. The van der Waals surface area contributed by atoms with E-state index in [-0.39, 0.29) is 11.3 Å². The van der Waals surface area contributed by atoms with E-state index in [0.717, 1.165) is 19.4 Å². The van der Waals surface area contributed by atoms with Crippen LogP contribution in [0.4, 0.5) is 16.0 Å². The fourth-order valence-corrected chi connectivity index (χ4v) is 3.83. The molecular weight excluding hydrogens is 429 g/mol. The molecule has 2 heterocycles. The Kier molecular flexibility index (Phi) is 7.60. The van der Waals surface area contributed by atoms with Gasteiger partial charge in [0.15, 0.2) is 11.6 Å². The molecular formula is C23H30FN5O2S. The van der Waals surface area contributed by atoms with Crippen LogP contribution >= 0.6 is 0 Å². The third-order valence-electron chi connectivity index (χ3n) is 4.56. The number of aromatic nitrogens is 3. The Morgan fingerprint density at radius 2 is 1.91 bits per heavy atom. The van der Waals surface area contributed by atoms with Gasteiger partial charge in [-0.2, -0.15) is 0 Å². The number of nitrogens with zero attached hydrogens (tertiary/aromatic N) is 3. The van der Waals surface area contributed by atoms with Crippen LogP contribution in [0.2, 0.25) is 0 Å². The second-order valence-corrected chi connectivity index (χ2v) is 9.76. The van der Waals surface area contributed by atoms with Crippen LogP contribution in [0.25, 0.3) is 22.7 Å². The molecule has 0 bridgehead atoms. The summed E-state index contributed by atoms with van der Waals surface area (Å²) in [7, 11) is -1.37. The van der Waals surface area contributed by atoms with Gasteiger partial charge in [0.2, 0.25) is 11.8 Å². The zero-order valence-corrected chi connectivity index (χ0v) is 20.0. The lowest BCUT2D eigenvalue weighted by atomic mass is 9.97. The van der Waals surface area contributed by atoms with Crippen LogP contribution in [0.15, 0.2) is 34.9 Å². The molecule has 32 heavy (non-hydrogen) atoms. The molecule has 2 aromatic heterocycles. The quantitative estimate of drug-likeness (QED) is 0.436. The van der Waals surface area contributed by atoms with E-state index in [9.17, 15) is 4.21 Å². The van der Waals surface area contributed by atoms with Crippen molar-refractivity contribution < 1.29 is 13.0 Å². The highest BCUT2D eigenvalue weighted by molar-refractivity contribution is 7.86. The first kappa shape index (κ1) is 23.8. The Bertz CT molecular complexity index is 1090. The summed E-state index contributed by atoms with van der Waals surface area (Å²) in [5.41, 5.74) is 0.868. The van der Waals surface area contributed by atoms with Crippen LogP contribution in [-0.4, -0.2) is 31.5 Å². The average Bonchev–Trinajstić information content (AvgIpc) is 3.20. The molecule has 172 valence electrons. The molecule has 0 fully saturated rings. The van der Waals surface area contributed by atoms with Crippen molar-refractivity contribution in [3.63, 3.8) is 0 Å². The van der Waals surface area contributed by atoms with Crippen molar-refractivity contribution in [1.82, 2.24) is 15.0 Å². The van der Waals surface area contributed by atoms with E-state index >= 15 is 4.39 Å². The lowest BCUT2D eigenvalue weighted by Crippen LogP contribution is -2.11. The third kappa shape index (κ3) is 5.51. The minimum atomic E-state index is -1.37. The van der Waals surface area contributed by atoms with Gasteiger partial charge >= 0.3 is 0 Å². The molecule has 7 nitrogen and oxygen atoms in total. The Morgan fingerprint density at radius 1 is 1.12 bits per heavy atom. The summed E-state index contributed by atoms with van der Waals surface area (Å²) in [5, 5.41) is 3.15. The predicted molar refractivity (Wildman–Crippen MR) is 127 cm³/mol. The Morgan fingerprint density at radius 3 is 2.59 bits per heavy atom. The van der Waals surface area contributed by atoms with Gasteiger partial charge in [0, 0.05) is 29.5 Å². The molecule has 0 aliphatic carbocycles. The first-order chi connectivity index (χ1) is 15.2. The first-order valence-electron chi connectivity index (χ1n) is 10.8. The van der Waals surface area contributed by atoms with Crippen LogP contribution in [0.3, 0.4) is 0 Å². The second kappa shape index (κ2) is 10.2. The van der Waals surface area contributed by atoms with Crippen molar-refractivity contribution in [1.29, 1.82) is 0 Å². The summed E-state index contributed by atoms with van der Waals surface area (Å²) in [4.78, 5) is 13.4. The highest BCUT2D eigenvalue weighted by atomic mass is 32.2. The Labute approximate surface area is 190 Å². The molecule has 1 aromatic carbocycles. The normalized spacial score (nSPS) is 12.6. The number of hydrogen-bond donors (Lipinski definition) is 2. The van der Waals surface area contributed by atoms with E-state index in [1.807, 2.05) is 27.7 Å². The van der Waals surface area contributed by atoms with Crippen molar-refractivity contribution in [3.8, 4) is 22.7 Å². The number of rotatable bonds is 9. The largest absolute Gasteiger partial charge is 0.438 e. The second-order valence-electron chi connectivity index (χ2n) is 8.46. The third-order valence-corrected chi connectivity index (χ3v) is 5.78. The van der Waals surface area contributed by atoms with Crippen LogP contribution in [0, 0.1) is 5.82 Å². The number of hydrogen-bond acceptors (Lipinski definition) is 6. The lowest BCUT2D eigenvalue weighted by molar-refractivity contribution is 0.398. The van der Waals surface area contributed by atoms with E-state index in [1.54, 1.807) is 30.5 Å². The molecule has 0 aliphatic rings. The fraction of sp³-hybridized carbons (Fsp3) is 0.435. The van der Waals surface area contributed by atoms with Gasteiger partial charge in [0.05, 0.1) is 5.69 Å². The highest BCUT2D eigenvalue weighted by Gasteiger charge is 2.28. The van der Waals surface area contributed by atoms with E-state index in [4.69, 9.17) is 4.42 Å². The fourth-order valence-electron chi connectivity index (χ4n) is 2.96. The zero-order chi connectivity index (χ0) is 23.3. The van der Waals surface area contributed by atoms with Crippen LogP contribution in [0.1, 0.15) is 53.4 Å². The van der Waals surface area contributed by atoms with Crippen molar-refractivity contribution in [2.75, 3.05) is 22.3 Å². The Balaban J connectivity index is 2.11. The topological polar surface area (TPSA) is 92.9 Å². The molecule has 0 spiro atoms. The van der Waals surface area contributed by atoms with E-state index in [0.29, 0.717) is 34.7 Å². The molecule has 0 saturated heterocycles. The maximum Gasteiger partial charge on any atom is 0.223 e. The zero-order valence-electron chi connectivity index (χ0n) is 19.2. The number of benzene rings is 1. The molecule has 2 N–H and O–H groups in total. The number of halogens is 1. The number of nitrogens with one attached hydrogen (secondary N) is 2. The van der Waals surface area contributed by atoms with Gasteiger partial charge in [-0.1, -0.05) is 40.7 Å². The molecule has 0 radical (unpaired) electrons. The molecule has 0 amide bonds. The van der Waals surface area contributed by atoms with E-state index in [1.165, 1.54) is 0 Å². The van der Waals surface area contributed by atoms with Crippen molar-refractivity contribution in [2.45, 2.75) is 52.9 Å². The molecule has 1 atom stereocenters. The molecule has 3 rings (SSSR count). The van der Waals surface area contributed by atoms with Crippen molar-refractivity contribution in [2.24, 2.45) is 0 Å². The minimum absolute atomic E-state index is 0.161. The molecule has 9 heteroatoms. The summed E-state index contributed by atoms with van der Waals surface area (Å²) >= 11 is 0. The van der Waals surface area contributed by atoms with Gasteiger partial charge in [-0.15, -0.1) is 0 Å². The average molecular weight is 460 g/mol. The van der Waals surface area contributed by atoms with E-state index in [2.05, 4.69) is 31.9 Å². The van der Waals surface area contributed by atoms with Gasteiger partial charge in [-0.25, -0.2) is 23.6 Å². The van der Waals surface area contributed by atoms with Gasteiger partial charge < -0.3 is 14.5 Å². The summed E-state index contributed by atoms with van der Waals surface area (Å²) in [6.07, 6.45) is 3.29. The number of oxazole rings is 1. The van der Waals surface area contributed by atoms with Crippen molar-refractivity contribution >= 4 is 22.6 Å². The standard InChI is InChI=1S/C23H30FN5O2S/c1-6-12-25-22-26-13-11-17(27-22)20-19(28-21(31-20)23(3,4)5)15-9-8-10-16(18(15)24)29-32(30)14-7-2/h8-11,13,29H,6-7,12,14H2,1-5H3,(H,25,26,27). The van der Waals surface area contributed by atoms with Crippen LogP contribution < -0.4 is 10.0 Å². The van der Waals surface area contributed by atoms with Crippen LogP contribution in [-0.2, 0) is 16.4 Å². The van der Waals surface area contributed by atoms with Crippen molar-refractivity contribution in [3.05, 3.63) is 42.2 Å². The SMILES string of the molecule is CCCNc1nccc(-c2oc(C(C)(C)C)nc2-c2cccc(NS(=O)CCC)c2F)n1. The molecule has 3 aromatic rings. The van der Waals surface area contributed by atoms with Gasteiger partial charge in [0.1, 0.15) is 22.4 Å². The molecule has 1 unspecified atom stereocenters. The molecule has 0 aliphatic heterocycles. The smallest absolute Gasteiger partial charge is 0.223 e. The minimum Gasteiger partial charge on any atom is -0.438 e. The van der Waals surface area contributed by atoms with Gasteiger partial charge in [-0.05, 0) is 31.0 Å². The monoisotopic (exact) mass is 459 g/mol. The number of anilines is 2. The summed E-state index contributed by atoms with van der Waals surface area (Å²) in [6, 6.07) is 6.61. The Hall–Kier alpha value is -2.81. The lowest BCUT2D eigenvalue weighted by Gasteiger charge is -2.12. The van der Waals surface area contributed by atoms with Crippen LogP contribution in [0.5, 0.6) is 0 Å². The maximum atomic E-state index is 15.5.